The summed E-state index contributed by atoms with van der Waals surface area (Å²) in [6.07, 6.45) is 9.95. The van der Waals surface area contributed by atoms with Crippen LogP contribution in [-0.2, 0) is 0 Å². The van der Waals surface area contributed by atoms with Gasteiger partial charge in [0.05, 0.1) is 11.6 Å². The molecule has 22 heavy (non-hydrogen) atoms. The molecule has 0 aliphatic carbocycles. The lowest BCUT2D eigenvalue weighted by molar-refractivity contribution is 0.182. The molecule has 2 aromatic rings. The maximum Gasteiger partial charge on any atom is 0.152 e. The molecule has 0 saturated heterocycles. The lowest BCUT2D eigenvalue weighted by Crippen LogP contribution is -1.97. The highest BCUT2D eigenvalue weighted by atomic mass is 16.5. The van der Waals surface area contributed by atoms with Gasteiger partial charge in [0, 0.05) is 11.6 Å². The Labute approximate surface area is 131 Å². The van der Waals surface area contributed by atoms with Gasteiger partial charge in [-0.05, 0) is 50.5 Å². The summed E-state index contributed by atoms with van der Waals surface area (Å²) in [5.74, 6) is 1.49. The molecule has 1 unspecified atom stereocenters. The molecule has 0 aliphatic heterocycles. The van der Waals surface area contributed by atoms with Gasteiger partial charge in [0.2, 0.25) is 0 Å². The van der Waals surface area contributed by atoms with E-state index in [-0.39, 0.29) is 6.10 Å². The second-order valence-corrected chi connectivity index (χ2v) is 5.23. The molecule has 4 nitrogen and oxygen atoms in total. The zero-order valence-electron chi connectivity index (χ0n) is 12.9. The molecule has 0 radical (unpaired) electrons. The van der Waals surface area contributed by atoms with Gasteiger partial charge in [0.15, 0.2) is 5.82 Å². The summed E-state index contributed by atoms with van der Waals surface area (Å²) in [4.78, 5) is 8.84. The predicted octanol–water partition coefficient (Wildman–Crippen LogP) is 3.76. The number of rotatable bonds is 8. The number of hydrogen-bond donors (Lipinski definition) is 1. The van der Waals surface area contributed by atoms with E-state index in [0.717, 1.165) is 35.9 Å². The fourth-order valence-corrected chi connectivity index (χ4v) is 2.07. The van der Waals surface area contributed by atoms with E-state index in [0.29, 0.717) is 12.4 Å². The van der Waals surface area contributed by atoms with Crippen LogP contribution in [0.15, 0.2) is 43.1 Å². The molecule has 116 valence electrons. The number of unbranched alkanes of at least 4 members (excludes halogenated alkanes) is 1. The van der Waals surface area contributed by atoms with Crippen LogP contribution >= 0.6 is 0 Å². The van der Waals surface area contributed by atoms with Crippen LogP contribution in [0.4, 0.5) is 0 Å². The standard InChI is InChI=1S/C18H22N2O2/c1-3-11-22-16-9-10-17-15(12-16)13-19-18(20-17)8-6-4-5-7-14(2)21/h3,6,8-10,12-14,21H,1,4-5,7,11H2,2H3. The number of nitrogens with zero attached hydrogens (tertiary/aromatic N) is 2. The van der Waals surface area contributed by atoms with Gasteiger partial charge in [-0.1, -0.05) is 18.7 Å². The van der Waals surface area contributed by atoms with Crippen molar-refractivity contribution in [3.05, 3.63) is 49.0 Å². The third-order valence-corrected chi connectivity index (χ3v) is 3.20. The Morgan fingerprint density at radius 1 is 1.41 bits per heavy atom. The average Bonchev–Trinajstić information content (AvgIpc) is 2.52. The van der Waals surface area contributed by atoms with Crippen molar-refractivity contribution in [1.82, 2.24) is 9.97 Å². The minimum Gasteiger partial charge on any atom is -0.490 e. The van der Waals surface area contributed by atoms with E-state index in [1.54, 1.807) is 12.3 Å². The number of aliphatic hydroxyl groups excluding tert-OH is 1. The van der Waals surface area contributed by atoms with Gasteiger partial charge < -0.3 is 9.84 Å². The Hall–Kier alpha value is -2.20. The third-order valence-electron chi connectivity index (χ3n) is 3.20. The lowest BCUT2D eigenvalue weighted by Gasteiger charge is -2.04. The number of fused-ring (bicyclic) bond motifs is 1. The molecule has 1 heterocycles. The molecule has 0 amide bonds. The Kier molecular flexibility index (Phi) is 6.10. The van der Waals surface area contributed by atoms with Crippen LogP contribution in [0.25, 0.3) is 17.0 Å². The molecule has 1 atom stereocenters. The van der Waals surface area contributed by atoms with Crippen LogP contribution in [0, 0.1) is 0 Å². The molecule has 1 N–H and O–H groups in total. The van der Waals surface area contributed by atoms with Crippen molar-refractivity contribution in [3.8, 4) is 5.75 Å². The van der Waals surface area contributed by atoms with Crippen LogP contribution in [0.2, 0.25) is 0 Å². The van der Waals surface area contributed by atoms with Crippen molar-refractivity contribution < 1.29 is 9.84 Å². The molecular formula is C18H22N2O2. The number of ether oxygens (including phenoxy) is 1. The maximum atomic E-state index is 9.20. The Balaban J connectivity index is 2.01. The molecule has 0 aliphatic rings. The van der Waals surface area contributed by atoms with Crippen LogP contribution in [0.5, 0.6) is 5.75 Å². The molecule has 0 saturated carbocycles. The normalized spacial score (nSPS) is 12.6. The molecule has 0 spiro atoms. The lowest BCUT2D eigenvalue weighted by atomic mass is 10.1. The summed E-state index contributed by atoms with van der Waals surface area (Å²) in [5.41, 5.74) is 0.893. The van der Waals surface area contributed by atoms with Crippen molar-refractivity contribution in [2.24, 2.45) is 0 Å². The Morgan fingerprint density at radius 3 is 3.05 bits per heavy atom. The topological polar surface area (TPSA) is 55.2 Å². The quantitative estimate of drug-likeness (QED) is 0.595. The molecular weight excluding hydrogens is 276 g/mol. The number of allylic oxidation sites excluding steroid dienone is 1. The first-order chi connectivity index (χ1) is 10.7. The van der Waals surface area contributed by atoms with Crippen molar-refractivity contribution in [2.45, 2.75) is 32.3 Å². The fraction of sp³-hybridized carbons (Fsp3) is 0.333. The maximum absolute atomic E-state index is 9.20. The van der Waals surface area contributed by atoms with Gasteiger partial charge in [-0.25, -0.2) is 9.97 Å². The van der Waals surface area contributed by atoms with E-state index in [2.05, 4.69) is 16.5 Å². The first kappa shape index (κ1) is 16.2. The van der Waals surface area contributed by atoms with Crippen molar-refractivity contribution >= 4 is 17.0 Å². The van der Waals surface area contributed by atoms with Crippen LogP contribution in [-0.4, -0.2) is 27.8 Å². The van der Waals surface area contributed by atoms with Crippen molar-refractivity contribution in [2.75, 3.05) is 6.61 Å². The zero-order chi connectivity index (χ0) is 15.8. The Morgan fingerprint density at radius 2 is 2.27 bits per heavy atom. The predicted molar refractivity (Wildman–Crippen MR) is 89.8 cm³/mol. The van der Waals surface area contributed by atoms with Crippen LogP contribution in [0.3, 0.4) is 0 Å². The Bertz CT molecular complexity index is 651. The second-order valence-electron chi connectivity index (χ2n) is 5.23. The summed E-state index contributed by atoms with van der Waals surface area (Å²) in [6, 6.07) is 5.75. The number of hydrogen-bond acceptors (Lipinski definition) is 4. The van der Waals surface area contributed by atoms with E-state index in [1.165, 1.54) is 0 Å². The van der Waals surface area contributed by atoms with Gasteiger partial charge in [-0.3, -0.25) is 0 Å². The van der Waals surface area contributed by atoms with Crippen molar-refractivity contribution in [3.63, 3.8) is 0 Å². The summed E-state index contributed by atoms with van der Waals surface area (Å²) in [5, 5.41) is 10.2. The van der Waals surface area contributed by atoms with Crippen molar-refractivity contribution in [1.29, 1.82) is 0 Å². The molecule has 0 fully saturated rings. The highest BCUT2D eigenvalue weighted by molar-refractivity contribution is 5.79. The monoisotopic (exact) mass is 298 g/mol. The molecule has 4 heteroatoms. The molecule has 0 bridgehead atoms. The minimum absolute atomic E-state index is 0.233. The van der Waals surface area contributed by atoms with E-state index >= 15 is 0 Å². The average molecular weight is 298 g/mol. The van der Waals surface area contributed by atoms with Gasteiger partial charge >= 0.3 is 0 Å². The zero-order valence-corrected chi connectivity index (χ0v) is 12.9. The first-order valence-electron chi connectivity index (χ1n) is 7.54. The fourth-order valence-electron chi connectivity index (χ4n) is 2.07. The van der Waals surface area contributed by atoms with Gasteiger partial charge in [-0.2, -0.15) is 0 Å². The second kappa shape index (κ2) is 8.29. The highest BCUT2D eigenvalue weighted by Gasteiger charge is 2.00. The van der Waals surface area contributed by atoms with Gasteiger partial charge in [-0.15, -0.1) is 0 Å². The number of aliphatic hydroxyl groups is 1. The van der Waals surface area contributed by atoms with E-state index < -0.39 is 0 Å². The SMILES string of the molecule is C=CCOc1ccc2nc(C=CCCCC(C)O)ncc2c1. The molecule has 1 aromatic carbocycles. The van der Waals surface area contributed by atoms with E-state index in [9.17, 15) is 5.11 Å². The number of aromatic nitrogens is 2. The van der Waals surface area contributed by atoms with E-state index in [1.807, 2.05) is 37.3 Å². The smallest absolute Gasteiger partial charge is 0.152 e. The molecule has 1 aromatic heterocycles. The van der Waals surface area contributed by atoms with Crippen LogP contribution < -0.4 is 4.74 Å². The first-order valence-corrected chi connectivity index (χ1v) is 7.54. The summed E-state index contributed by atoms with van der Waals surface area (Å²) < 4.78 is 5.50. The summed E-state index contributed by atoms with van der Waals surface area (Å²) >= 11 is 0. The molecule has 2 rings (SSSR count). The van der Waals surface area contributed by atoms with E-state index in [4.69, 9.17) is 4.74 Å². The minimum atomic E-state index is -0.233. The largest absolute Gasteiger partial charge is 0.490 e. The third kappa shape index (κ3) is 4.97. The number of benzene rings is 1. The van der Waals surface area contributed by atoms with Gasteiger partial charge in [0.1, 0.15) is 12.4 Å². The summed E-state index contributed by atoms with van der Waals surface area (Å²) in [7, 11) is 0. The van der Waals surface area contributed by atoms with Crippen LogP contribution in [0.1, 0.15) is 32.0 Å². The summed E-state index contributed by atoms with van der Waals surface area (Å²) in [6.45, 7) is 5.92. The highest BCUT2D eigenvalue weighted by Crippen LogP contribution is 2.19. The van der Waals surface area contributed by atoms with Gasteiger partial charge in [0.25, 0.3) is 0 Å².